The number of piperidine rings is 1. The van der Waals surface area contributed by atoms with E-state index in [0.717, 1.165) is 25.9 Å². The number of sulfonamides is 1. The molecule has 0 unspecified atom stereocenters. The Hall–Kier alpha value is -1.44. The molecular weight excluding hydrogens is 316 g/mol. The number of rotatable bonds is 6. The van der Waals surface area contributed by atoms with Crippen LogP contribution in [0, 0.1) is 5.92 Å². The number of benzene rings is 1. The summed E-state index contributed by atoms with van der Waals surface area (Å²) in [6.45, 7) is 5.02. The van der Waals surface area contributed by atoms with Crippen molar-refractivity contribution in [3.63, 3.8) is 0 Å². The van der Waals surface area contributed by atoms with Gasteiger partial charge in [0.1, 0.15) is 0 Å². The highest BCUT2D eigenvalue weighted by Gasteiger charge is 2.29. The molecule has 0 spiro atoms. The molecule has 0 aromatic heterocycles. The molecular formula is C16H24N2O4S. The van der Waals surface area contributed by atoms with Crippen molar-refractivity contribution in [3.05, 3.63) is 29.8 Å². The Morgan fingerprint density at radius 3 is 2.39 bits per heavy atom. The summed E-state index contributed by atoms with van der Waals surface area (Å²) in [6, 6.07) is 5.89. The van der Waals surface area contributed by atoms with Gasteiger partial charge in [0.25, 0.3) is 0 Å². The summed E-state index contributed by atoms with van der Waals surface area (Å²) in [7, 11) is -2.20. The molecule has 1 saturated heterocycles. The zero-order chi connectivity index (χ0) is 16.9. The highest BCUT2D eigenvalue weighted by Crippen LogP contribution is 2.23. The predicted octanol–water partition coefficient (Wildman–Crippen LogP) is 1.48. The smallest absolute Gasteiger partial charge is 0.337 e. The van der Waals surface area contributed by atoms with Crippen molar-refractivity contribution in [1.29, 1.82) is 0 Å². The van der Waals surface area contributed by atoms with E-state index in [-0.39, 0.29) is 4.90 Å². The van der Waals surface area contributed by atoms with Crippen LogP contribution in [0.4, 0.5) is 0 Å². The molecule has 1 aromatic carbocycles. The number of ether oxygens (including phenoxy) is 1. The standard InChI is InChI=1S/C16H24N2O4S/c1-3-17-12-13-8-10-18(11-9-13)23(20,21)15-6-4-14(5-7-15)16(19)22-2/h4-7,13,17H,3,8-12H2,1-2H3. The lowest BCUT2D eigenvalue weighted by Gasteiger charge is -2.31. The molecule has 6 nitrogen and oxygen atoms in total. The Balaban J connectivity index is 2.03. The van der Waals surface area contributed by atoms with Crippen molar-refractivity contribution in [2.24, 2.45) is 5.92 Å². The molecule has 0 bridgehead atoms. The van der Waals surface area contributed by atoms with Gasteiger partial charge in [0.05, 0.1) is 17.6 Å². The summed E-state index contributed by atoms with van der Waals surface area (Å²) in [5, 5.41) is 3.31. The second-order valence-corrected chi connectivity index (χ2v) is 7.61. The van der Waals surface area contributed by atoms with E-state index >= 15 is 0 Å². The maximum atomic E-state index is 12.7. The van der Waals surface area contributed by atoms with Gasteiger partial charge in [0, 0.05) is 13.1 Å². The van der Waals surface area contributed by atoms with E-state index in [1.54, 1.807) is 0 Å². The van der Waals surface area contributed by atoms with E-state index in [2.05, 4.69) is 17.0 Å². The second-order valence-electron chi connectivity index (χ2n) is 5.67. The van der Waals surface area contributed by atoms with Gasteiger partial charge in [0.2, 0.25) is 10.0 Å². The van der Waals surface area contributed by atoms with E-state index < -0.39 is 16.0 Å². The van der Waals surface area contributed by atoms with Gasteiger partial charge in [-0.15, -0.1) is 0 Å². The average Bonchev–Trinajstić information content (AvgIpc) is 2.59. The molecule has 0 amide bonds. The summed E-state index contributed by atoms with van der Waals surface area (Å²) >= 11 is 0. The molecule has 0 aliphatic carbocycles. The first-order valence-corrected chi connectivity index (χ1v) is 9.32. The lowest BCUT2D eigenvalue weighted by atomic mass is 9.98. The fourth-order valence-electron chi connectivity index (χ4n) is 2.73. The number of methoxy groups -OCH3 is 1. The van der Waals surface area contributed by atoms with Crippen LogP contribution in [0.2, 0.25) is 0 Å². The second kappa shape index (κ2) is 7.90. The van der Waals surface area contributed by atoms with Gasteiger partial charge >= 0.3 is 5.97 Å². The minimum atomic E-state index is -3.49. The van der Waals surface area contributed by atoms with E-state index in [1.165, 1.54) is 35.7 Å². The molecule has 0 saturated carbocycles. The normalized spacial score (nSPS) is 17.1. The van der Waals surface area contributed by atoms with Crippen molar-refractivity contribution < 1.29 is 17.9 Å². The topological polar surface area (TPSA) is 75.7 Å². The Kier molecular flexibility index (Phi) is 6.15. The van der Waals surface area contributed by atoms with Crippen LogP contribution < -0.4 is 5.32 Å². The van der Waals surface area contributed by atoms with Crippen LogP contribution in [0.5, 0.6) is 0 Å². The highest BCUT2D eigenvalue weighted by molar-refractivity contribution is 7.89. The van der Waals surface area contributed by atoms with Crippen LogP contribution >= 0.6 is 0 Å². The van der Waals surface area contributed by atoms with Crippen molar-refractivity contribution in [2.75, 3.05) is 33.3 Å². The number of hydrogen-bond donors (Lipinski definition) is 1. The third-order valence-electron chi connectivity index (χ3n) is 4.17. The van der Waals surface area contributed by atoms with Gasteiger partial charge in [-0.2, -0.15) is 4.31 Å². The average molecular weight is 340 g/mol. The number of carbonyl (C=O) groups is 1. The van der Waals surface area contributed by atoms with E-state index in [4.69, 9.17) is 0 Å². The van der Waals surface area contributed by atoms with E-state index in [1.807, 2.05) is 0 Å². The van der Waals surface area contributed by atoms with Gasteiger partial charge in [-0.1, -0.05) is 6.92 Å². The van der Waals surface area contributed by atoms with Crippen LogP contribution in [-0.2, 0) is 14.8 Å². The molecule has 0 radical (unpaired) electrons. The number of nitrogens with zero attached hydrogens (tertiary/aromatic N) is 1. The van der Waals surface area contributed by atoms with E-state index in [9.17, 15) is 13.2 Å². The van der Waals surface area contributed by atoms with Gasteiger partial charge in [-0.3, -0.25) is 0 Å². The SMILES string of the molecule is CCNCC1CCN(S(=O)(=O)c2ccc(C(=O)OC)cc2)CC1. The van der Waals surface area contributed by atoms with Crippen molar-refractivity contribution >= 4 is 16.0 Å². The number of hydrogen-bond acceptors (Lipinski definition) is 5. The maximum Gasteiger partial charge on any atom is 0.337 e. The van der Waals surface area contributed by atoms with Gasteiger partial charge in [-0.05, 0) is 56.1 Å². The van der Waals surface area contributed by atoms with Crippen molar-refractivity contribution in [2.45, 2.75) is 24.7 Å². The number of carbonyl (C=O) groups excluding carboxylic acids is 1. The van der Waals surface area contributed by atoms with Gasteiger partial charge < -0.3 is 10.1 Å². The molecule has 7 heteroatoms. The fraction of sp³-hybridized carbons (Fsp3) is 0.562. The highest BCUT2D eigenvalue weighted by atomic mass is 32.2. The predicted molar refractivity (Wildman–Crippen MR) is 87.8 cm³/mol. The molecule has 1 aliphatic heterocycles. The molecule has 128 valence electrons. The number of esters is 1. The molecule has 1 aromatic rings. The largest absolute Gasteiger partial charge is 0.465 e. The van der Waals surface area contributed by atoms with Gasteiger partial charge in [-0.25, -0.2) is 13.2 Å². The van der Waals surface area contributed by atoms with Crippen molar-refractivity contribution in [3.8, 4) is 0 Å². The van der Waals surface area contributed by atoms with Crippen LogP contribution in [0.15, 0.2) is 29.2 Å². The summed E-state index contributed by atoms with van der Waals surface area (Å²) in [5.74, 6) is 0.0567. The van der Waals surface area contributed by atoms with Crippen molar-refractivity contribution in [1.82, 2.24) is 9.62 Å². The quantitative estimate of drug-likeness (QED) is 0.794. The molecule has 0 atom stereocenters. The first-order valence-electron chi connectivity index (χ1n) is 7.88. The Labute approximate surface area is 137 Å². The van der Waals surface area contributed by atoms with Crippen LogP contribution in [0.3, 0.4) is 0 Å². The Morgan fingerprint density at radius 2 is 1.87 bits per heavy atom. The minimum absolute atomic E-state index is 0.218. The monoisotopic (exact) mass is 340 g/mol. The lowest BCUT2D eigenvalue weighted by molar-refractivity contribution is 0.0600. The van der Waals surface area contributed by atoms with Gasteiger partial charge in [0.15, 0.2) is 0 Å². The third kappa shape index (κ3) is 4.31. The molecule has 2 rings (SSSR count). The zero-order valence-corrected chi connectivity index (χ0v) is 14.4. The first-order chi connectivity index (χ1) is 11.0. The lowest BCUT2D eigenvalue weighted by Crippen LogP contribution is -2.40. The Morgan fingerprint density at radius 1 is 1.26 bits per heavy atom. The fourth-order valence-corrected chi connectivity index (χ4v) is 4.20. The third-order valence-corrected chi connectivity index (χ3v) is 6.08. The molecule has 23 heavy (non-hydrogen) atoms. The van der Waals surface area contributed by atoms with E-state index in [0.29, 0.717) is 24.6 Å². The first kappa shape index (κ1) is 17.9. The maximum absolute atomic E-state index is 12.7. The summed E-state index contributed by atoms with van der Waals surface area (Å²) in [6.07, 6.45) is 1.74. The minimum Gasteiger partial charge on any atom is -0.465 e. The Bertz CT molecular complexity index is 620. The van der Waals surface area contributed by atoms with Crippen LogP contribution in [-0.4, -0.2) is 52.0 Å². The van der Waals surface area contributed by atoms with Crippen LogP contribution in [0.1, 0.15) is 30.1 Å². The summed E-state index contributed by atoms with van der Waals surface area (Å²) in [5.41, 5.74) is 0.343. The number of nitrogens with one attached hydrogen (secondary N) is 1. The molecule has 1 fully saturated rings. The molecule has 1 aliphatic rings. The zero-order valence-electron chi connectivity index (χ0n) is 13.6. The molecule has 1 N–H and O–H groups in total. The summed E-state index contributed by atoms with van der Waals surface area (Å²) < 4.78 is 31.5. The molecule has 1 heterocycles. The van der Waals surface area contributed by atoms with Crippen LogP contribution in [0.25, 0.3) is 0 Å². The summed E-state index contributed by atoms with van der Waals surface area (Å²) in [4.78, 5) is 11.6.